The van der Waals surface area contributed by atoms with Crippen molar-refractivity contribution in [1.82, 2.24) is 5.43 Å². The predicted octanol–water partition coefficient (Wildman–Crippen LogP) is 4.91. The van der Waals surface area contributed by atoms with Crippen LogP contribution in [0.1, 0.15) is 57.9 Å². The first-order valence-electron chi connectivity index (χ1n) is 9.96. The van der Waals surface area contributed by atoms with E-state index >= 15 is 0 Å². The van der Waals surface area contributed by atoms with E-state index in [2.05, 4.69) is 40.3 Å². The minimum atomic E-state index is -0.255. The van der Waals surface area contributed by atoms with Crippen molar-refractivity contribution >= 4 is 28.1 Å². The van der Waals surface area contributed by atoms with Crippen LogP contribution in [0, 0.1) is 22.2 Å². The smallest absolute Gasteiger partial charge is 0.246 e. The lowest BCUT2D eigenvalue weighted by Crippen LogP contribution is -2.59. The maximum Gasteiger partial charge on any atom is 0.246 e. The van der Waals surface area contributed by atoms with Crippen LogP contribution in [-0.4, -0.2) is 26.3 Å². The number of benzene rings is 1. The standard InChI is InChI=1S/C22H29BrN2O3/c1-20-7-14-8-21(2,11-20)13-22(9-14,12-20)19(26)25-24-10-15-5-6-16(27-3)18(28-4)17(15)23/h5-6,10,14H,7-9,11-13H2,1-4H3,(H,25,26)/b24-10+. The van der Waals surface area contributed by atoms with Crippen LogP contribution in [-0.2, 0) is 4.79 Å². The lowest BCUT2D eigenvalue weighted by molar-refractivity contribution is -0.170. The summed E-state index contributed by atoms with van der Waals surface area (Å²) in [6.45, 7) is 4.75. The van der Waals surface area contributed by atoms with Crippen molar-refractivity contribution in [3.8, 4) is 11.5 Å². The molecular weight excluding hydrogens is 420 g/mol. The van der Waals surface area contributed by atoms with Crippen molar-refractivity contribution in [3.63, 3.8) is 0 Å². The second-order valence-corrected chi connectivity index (χ2v) is 10.6. The van der Waals surface area contributed by atoms with E-state index < -0.39 is 0 Å². The van der Waals surface area contributed by atoms with Gasteiger partial charge in [-0.25, -0.2) is 5.43 Å². The average molecular weight is 449 g/mol. The first-order valence-corrected chi connectivity index (χ1v) is 10.7. The van der Waals surface area contributed by atoms with Gasteiger partial charge in [0.05, 0.1) is 30.3 Å². The number of hydrazone groups is 1. The van der Waals surface area contributed by atoms with Gasteiger partial charge in [-0.1, -0.05) is 13.8 Å². The summed E-state index contributed by atoms with van der Waals surface area (Å²) in [5, 5.41) is 4.28. The summed E-state index contributed by atoms with van der Waals surface area (Å²) in [4.78, 5) is 13.2. The summed E-state index contributed by atoms with van der Waals surface area (Å²) in [7, 11) is 3.20. The molecule has 4 bridgehead atoms. The molecule has 0 heterocycles. The Labute approximate surface area is 175 Å². The van der Waals surface area contributed by atoms with E-state index in [4.69, 9.17) is 9.47 Å². The van der Waals surface area contributed by atoms with Gasteiger partial charge < -0.3 is 9.47 Å². The third-order valence-corrected chi connectivity index (χ3v) is 7.81. The molecule has 28 heavy (non-hydrogen) atoms. The van der Waals surface area contributed by atoms with Gasteiger partial charge in [0, 0.05) is 5.56 Å². The van der Waals surface area contributed by atoms with Crippen molar-refractivity contribution in [2.45, 2.75) is 52.4 Å². The van der Waals surface area contributed by atoms with Gasteiger partial charge in [0.25, 0.3) is 0 Å². The van der Waals surface area contributed by atoms with Crippen LogP contribution >= 0.6 is 15.9 Å². The number of rotatable bonds is 5. The minimum Gasteiger partial charge on any atom is -0.493 e. The van der Waals surface area contributed by atoms with Gasteiger partial charge in [0.1, 0.15) is 0 Å². The zero-order valence-corrected chi connectivity index (χ0v) is 18.7. The van der Waals surface area contributed by atoms with Crippen molar-refractivity contribution in [2.24, 2.45) is 27.3 Å². The van der Waals surface area contributed by atoms with Gasteiger partial charge in [0.2, 0.25) is 5.91 Å². The molecule has 4 aliphatic rings. The number of nitrogens with zero attached hydrogens (tertiary/aromatic N) is 1. The molecule has 0 saturated heterocycles. The first-order chi connectivity index (χ1) is 13.2. The highest BCUT2D eigenvalue weighted by molar-refractivity contribution is 9.10. The summed E-state index contributed by atoms with van der Waals surface area (Å²) in [6, 6.07) is 3.71. The maximum absolute atomic E-state index is 13.2. The molecule has 2 unspecified atom stereocenters. The molecular formula is C22H29BrN2O3. The highest BCUT2D eigenvalue weighted by atomic mass is 79.9. The van der Waals surface area contributed by atoms with Crippen LogP contribution in [0.3, 0.4) is 0 Å². The number of carbonyl (C=O) groups is 1. The number of methoxy groups -OCH3 is 2. The monoisotopic (exact) mass is 448 g/mol. The number of hydrogen-bond donors (Lipinski definition) is 1. The number of amides is 1. The molecule has 0 radical (unpaired) electrons. The first kappa shape index (κ1) is 19.7. The third kappa shape index (κ3) is 3.23. The predicted molar refractivity (Wildman–Crippen MR) is 113 cm³/mol. The molecule has 0 aromatic heterocycles. The summed E-state index contributed by atoms with van der Waals surface area (Å²) < 4.78 is 11.5. The second kappa shape index (κ2) is 6.75. The molecule has 1 aromatic carbocycles. The Balaban J connectivity index is 1.51. The lowest BCUT2D eigenvalue weighted by Gasteiger charge is -2.64. The Kier molecular flexibility index (Phi) is 4.76. The zero-order chi connectivity index (χ0) is 20.2. The maximum atomic E-state index is 13.2. The second-order valence-electron chi connectivity index (χ2n) is 9.81. The highest BCUT2D eigenvalue weighted by Gasteiger charge is 2.62. The quantitative estimate of drug-likeness (QED) is 0.513. The third-order valence-electron chi connectivity index (χ3n) is 6.99. The van der Waals surface area contributed by atoms with Crippen LogP contribution in [0.5, 0.6) is 11.5 Å². The van der Waals surface area contributed by atoms with E-state index in [0.717, 1.165) is 29.3 Å². The van der Waals surface area contributed by atoms with Crippen molar-refractivity contribution in [2.75, 3.05) is 14.2 Å². The van der Waals surface area contributed by atoms with E-state index in [0.29, 0.717) is 28.2 Å². The van der Waals surface area contributed by atoms with E-state index in [1.54, 1.807) is 20.4 Å². The number of nitrogens with one attached hydrogen (secondary N) is 1. The molecule has 4 aliphatic carbocycles. The topological polar surface area (TPSA) is 59.9 Å². The largest absolute Gasteiger partial charge is 0.493 e. The van der Waals surface area contributed by atoms with Gasteiger partial charge in [-0.05, 0) is 83.3 Å². The van der Waals surface area contributed by atoms with Gasteiger partial charge in [0.15, 0.2) is 11.5 Å². The zero-order valence-electron chi connectivity index (χ0n) is 17.1. The molecule has 5 rings (SSSR count). The van der Waals surface area contributed by atoms with E-state index in [-0.39, 0.29) is 11.3 Å². The summed E-state index contributed by atoms with van der Waals surface area (Å²) >= 11 is 3.54. The number of hydrogen-bond acceptors (Lipinski definition) is 4. The Hall–Kier alpha value is -1.56. The highest BCUT2D eigenvalue weighted by Crippen LogP contribution is 2.69. The molecule has 1 aromatic rings. The number of ether oxygens (including phenoxy) is 2. The Bertz CT molecular complexity index is 819. The normalized spacial score (nSPS) is 36.0. The Morgan fingerprint density at radius 1 is 1.14 bits per heavy atom. The molecule has 5 nitrogen and oxygen atoms in total. The van der Waals surface area contributed by atoms with Gasteiger partial charge in [-0.15, -0.1) is 0 Å². The lowest BCUT2D eigenvalue weighted by atomic mass is 9.40. The average Bonchev–Trinajstić information content (AvgIpc) is 2.59. The molecule has 4 saturated carbocycles. The summed E-state index contributed by atoms with van der Waals surface area (Å²) in [5.74, 6) is 2.02. The van der Waals surface area contributed by atoms with Gasteiger partial charge >= 0.3 is 0 Å². The van der Waals surface area contributed by atoms with Gasteiger partial charge in [-0.3, -0.25) is 4.79 Å². The molecule has 152 valence electrons. The molecule has 6 heteroatoms. The van der Waals surface area contributed by atoms with Crippen LogP contribution < -0.4 is 14.9 Å². The fraction of sp³-hybridized carbons (Fsp3) is 0.636. The molecule has 2 atom stereocenters. The van der Waals surface area contributed by atoms with Gasteiger partial charge in [-0.2, -0.15) is 5.10 Å². The summed E-state index contributed by atoms with van der Waals surface area (Å²) in [5.41, 5.74) is 4.03. The Morgan fingerprint density at radius 2 is 1.82 bits per heavy atom. The van der Waals surface area contributed by atoms with Crippen molar-refractivity contribution < 1.29 is 14.3 Å². The van der Waals surface area contributed by atoms with Crippen LogP contribution in [0.25, 0.3) is 0 Å². The molecule has 1 amide bonds. The fourth-order valence-corrected chi connectivity index (χ4v) is 7.58. The summed E-state index contributed by atoms with van der Waals surface area (Å²) in [6.07, 6.45) is 8.47. The van der Waals surface area contributed by atoms with Crippen LogP contribution in [0.15, 0.2) is 21.7 Å². The number of carbonyl (C=O) groups excluding carboxylic acids is 1. The number of halogens is 1. The van der Waals surface area contributed by atoms with Crippen LogP contribution in [0.2, 0.25) is 0 Å². The van der Waals surface area contributed by atoms with E-state index in [1.807, 2.05) is 12.1 Å². The SMILES string of the molecule is COc1ccc(/C=N/NC(=O)C23CC4CC(C)(CC(C)(C4)C2)C3)c(Br)c1OC. The van der Waals surface area contributed by atoms with Crippen LogP contribution in [0.4, 0.5) is 0 Å². The molecule has 4 fully saturated rings. The fourth-order valence-electron chi connectivity index (χ4n) is 6.98. The van der Waals surface area contributed by atoms with E-state index in [1.165, 1.54) is 19.3 Å². The molecule has 0 aliphatic heterocycles. The Morgan fingerprint density at radius 3 is 2.39 bits per heavy atom. The minimum absolute atomic E-state index is 0.0851. The molecule has 0 spiro atoms. The van der Waals surface area contributed by atoms with E-state index in [9.17, 15) is 4.79 Å². The van der Waals surface area contributed by atoms with Crippen molar-refractivity contribution in [1.29, 1.82) is 0 Å². The van der Waals surface area contributed by atoms with Crippen molar-refractivity contribution in [3.05, 3.63) is 22.2 Å². The molecule has 1 N–H and O–H groups in total.